The highest BCUT2D eigenvalue weighted by molar-refractivity contribution is 4.84. The van der Waals surface area contributed by atoms with Crippen LogP contribution in [0.5, 0.6) is 0 Å². The number of ether oxygens (including phenoxy) is 1. The molecule has 0 aromatic carbocycles. The summed E-state index contributed by atoms with van der Waals surface area (Å²) in [6.07, 6.45) is 3.49. The van der Waals surface area contributed by atoms with E-state index >= 15 is 0 Å². The molecule has 15 heavy (non-hydrogen) atoms. The molecule has 0 amide bonds. The van der Waals surface area contributed by atoms with Crippen LogP contribution in [0.1, 0.15) is 40.0 Å². The molecule has 1 rings (SSSR count). The Labute approximate surface area is 93.8 Å². The topological polar surface area (TPSA) is 47.3 Å². The van der Waals surface area contributed by atoms with Crippen molar-refractivity contribution in [1.82, 2.24) is 5.32 Å². The Morgan fingerprint density at radius 1 is 1.53 bits per heavy atom. The van der Waals surface area contributed by atoms with E-state index in [1.54, 1.807) is 0 Å². The zero-order chi connectivity index (χ0) is 11.4. The molecule has 0 radical (unpaired) electrons. The van der Waals surface area contributed by atoms with E-state index in [4.69, 9.17) is 10.5 Å². The quantitative estimate of drug-likeness (QED) is 0.705. The predicted molar refractivity (Wildman–Crippen MR) is 63.9 cm³/mol. The van der Waals surface area contributed by atoms with Gasteiger partial charge in [-0.15, -0.1) is 0 Å². The van der Waals surface area contributed by atoms with Crippen LogP contribution < -0.4 is 11.1 Å². The molecular formula is C12H26N2O. The molecule has 0 saturated carbocycles. The Kier molecular flexibility index (Phi) is 4.56. The van der Waals surface area contributed by atoms with Crippen molar-refractivity contribution in [2.24, 2.45) is 11.1 Å². The van der Waals surface area contributed by atoms with Gasteiger partial charge >= 0.3 is 0 Å². The van der Waals surface area contributed by atoms with E-state index in [1.807, 2.05) is 0 Å². The maximum absolute atomic E-state index is 5.77. The lowest BCUT2D eigenvalue weighted by Crippen LogP contribution is -2.44. The van der Waals surface area contributed by atoms with E-state index in [9.17, 15) is 0 Å². The summed E-state index contributed by atoms with van der Waals surface area (Å²) in [6, 6.07) is 0. The molecule has 3 nitrogen and oxygen atoms in total. The minimum Gasteiger partial charge on any atom is -0.374 e. The highest BCUT2D eigenvalue weighted by Crippen LogP contribution is 2.24. The van der Waals surface area contributed by atoms with Crippen molar-refractivity contribution < 1.29 is 4.74 Å². The fourth-order valence-corrected chi connectivity index (χ4v) is 1.95. The largest absolute Gasteiger partial charge is 0.374 e. The molecule has 90 valence electrons. The van der Waals surface area contributed by atoms with Gasteiger partial charge in [-0.1, -0.05) is 13.8 Å². The standard InChI is InChI=1S/C12H26N2O/c1-4-11(2,8-13)9-14-10-12(3)6-5-7-15-12/h14H,4-10,13H2,1-3H3. The fraction of sp³-hybridized carbons (Fsp3) is 1.00. The summed E-state index contributed by atoms with van der Waals surface area (Å²) < 4.78 is 5.73. The van der Waals surface area contributed by atoms with E-state index in [0.717, 1.165) is 32.7 Å². The van der Waals surface area contributed by atoms with Crippen LogP contribution in [0.3, 0.4) is 0 Å². The third kappa shape index (κ3) is 3.74. The second-order valence-corrected chi connectivity index (χ2v) is 5.37. The zero-order valence-electron chi connectivity index (χ0n) is 10.4. The Morgan fingerprint density at radius 3 is 2.73 bits per heavy atom. The molecule has 1 saturated heterocycles. The smallest absolute Gasteiger partial charge is 0.0779 e. The van der Waals surface area contributed by atoms with Crippen molar-refractivity contribution in [2.45, 2.75) is 45.6 Å². The fourth-order valence-electron chi connectivity index (χ4n) is 1.95. The third-order valence-electron chi connectivity index (χ3n) is 3.70. The molecule has 1 aliphatic rings. The number of nitrogens with one attached hydrogen (secondary N) is 1. The molecular weight excluding hydrogens is 188 g/mol. The summed E-state index contributed by atoms with van der Waals surface area (Å²) in [6.45, 7) is 10.2. The first kappa shape index (κ1) is 12.9. The van der Waals surface area contributed by atoms with E-state index < -0.39 is 0 Å². The van der Waals surface area contributed by atoms with Crippen molar-refractivity contribution >= 4 is 0 Å². The van der Waals surface area contributed by atoms with Crippen LogP contribution in [0.15, 0.2) is 0 Å². The Bertz CT molecular complexity index is 180. The van der Waals surface area contributed by atoms with Crippen LogP contribution in [-0.2, 0) is 4.74 Å². The van der Waals surface area contributed by atoms with Gasteiger partial charge in [0.05, 0.1) is 5.60 Å². The van der Waals surface area contributed by atoms with Gasteiger partial charge in [0.15, 0.2) is 0 Å². The molecule has 1 aliphatic heterocycles. The highest BCUT2D eigenvalue weighted by atomic mass is 16.5. The second kappa shape index (κ2) is 5.28. The van der Waals surface area contributed by atoms with Crippen molar-refractivity contribution in [1.29, 1.82) is 0 Å². The van der Waals surface area contributed by atoms with Gasteiger partial charge in [-0.05, 0) is 38.1 Å². The lowest BCUT2D eigenvalue weighted by atomic mass is 9.87. The van der Waals surface area contributed by atoms with Crippen LogP contribution in [0.4, 0.5) is 0 Å². The first-order valence-electron chi connectivity index (χ1n) is 6.08. The Hall–Kier alpha value is -0.120. The highest BCUT2D eigenvalue weighted by Gasteiger charge is 2.30. The normalized spacial score (nSPS) is 30.4. The summed E-state index contributed by atoms with van der Waals surface area (Å²) in [5.41, 5.74) is 6.06. The maximum Gasteiger partial charge on any atom is 0.0779 e. The average Bonchev–Trinajstić information content (AvgIpc) is 2.65. The molecule has 2 unspecified atom stereocenters. The first-order valence-corrected chi connectivity index (χ1v) is 6.08. The Balaban J connectivity index is 2.25. The minimum atomic E-state index is 0.0588. The van der Waals surface area contributed by atoms with E-state index in [0.29, 0.717) is 0 Å². The number of nitrogens with two attached hydrogens (primary N) is 1. The van der Waals surface area contributed by atoms with E-state index in [-0.39, 0.29) is 11.0 Å². The molecule has 3 heteroatoms. The van der Waals surface area contributed by atoms with Gasteiger partial charge in [0.1, 0.15) is 0 Å². The van der Waals surface area contributed by atoms with Crippen LogP contribution >= 0.6 is 0 Å². The summed E-state index contributed by atoms with van der Waals surface area (Å²) >= 11 is 0. The number of rotatable bonds is 6. The molecule has 2 atom stereocenters. The third-order valence-corrected chi connectivity index (χ3v) is 3.70. The van der Waals surface area contributed by atoms with Gasteiger partial charge in [-0.25, -0.2) is 0 Å². The minimum absolute atomic E-state index is 0.0588. The molecule has 0 spiro atoms. The Morgan fingerprint density at radius 2 is 2.27 bits per heavy atom. The van der Waals surface area contributed by atoms with Crippen LogP contribution in [-0.4, -0.2) is 31.8 Å². The van der Waals surface area contributed by atoms with Crippen molar-refractivity contribution in [3.8, 4) is 0 Å². The molecule has 0 bridgehead atoms. The number of hydrogen-bond acceptors (Lipinski definition) is 3. The second-order valence-electron chi connectivity index (χ2n) is 5.37. The summed E-state index contributed by atoms with van der Waals surface area (Å²) in [5, 5.41) is 3.51. The average molecular weight is 214 g/mol. The maximum atomic E-state index is 5.77. The van der Waals surface area contributed by atoms with Gasteiger partial charge in [0, 0.05) is 19.7 Å². The predicted octanol–water partition coefficient (Wildman–Crippen LogP) is 1.52. The van der Waals surface area contributed by atoms with Gasteiger partial charge in [0.2, 0.25) is 0 Å². The van der Waals surface area contributed by atoms with Crippen molar-refractivity contribution in [2.75, 3.05) is 26.2 Å². The molecule has 0 aromatic rings. The lowest BCUT2D eigenvalue weighted by Gasteiger charge is -2.30. The van der Waals surface area contributed by atoms with Crippen LogP contribution in [0, 0.1) is 5.41 Å². The summed E-state index contributed by atoms with van der Waals surface area (Å²) in [4.78, 5) is 0. The molecule has 0 aliphatic carbocycles. The summed E-state index contributed by atoms with van der Waals surface area (Å²) in [5.74, 6) is 0. The lowest BCUT2D eigenvalue weighted by molar-refractivity contribution is 0.0191. The molecule has 0 aromatic heterocycles. The molecule has 1 fully saturated rings. The van der Waals surface area contributed by atoms with Crippen molar-refractivity contribution in [3.63, 3.8) is 0 Å². The van der Waals surface area contributed by atoms with Crippen LogP contribution in [0.2, 0.25) is 0 Å². The first-order chi connectivity index (χ1) is 7.04. The molecule has 1 heterocycles. The van der Waals surface area contributed by atoms with Crippen LogP contribution in [0.25, 0.3) is 0 Å². The van der Waals surface area contributed by atoms with Gasteiger partial charge in [-0.3, -0.25) is 0 Å². The van der Waals surface area contributed by atoms with E-state index in [1.165, 1.54) is 12.8 Å². The SMILES string of the molecule is CCC(C)(CN)CNCC1(C)CCCO1. The van der Waals surface area contributed by atoms with Gasteiger partial charge < -0.3 is 15.8 Å². The summed E-state index contributed by atoms with van der Waals surface area (Å²) in [7, 11) is 0. The van der Waals surface area contributed by atoms with Crippen molar-refractivity contribution in [3.05, 3.63) is 0 Å². The molecule has 3 N–H and O–H groups in total. The number of hydrogen-bond donors (Lipinski definition) is 2. The van der Waals surface area contributed by atoms with Gasteiger partial charge in [-0.2, -0.15) is 0 Å². The van der Waals surface area contributed by atoms with Gasteiger partial charge in [0.25, 0.3) is 0 Å². The van der Waals surface area contributed by atoms with E-state index in [2.05, 4.69) is 26.1 Å². The monoisotopic (exact) mass is 214 g/mol. The zero-order valence-corrected chi connectivity index (χ0v) is 10.4.